The highest BCUT2D eigenvalue weighted by Gasteiger charge is 2.02. The van der Waals surface area contributed by atoms with Crippen LogP contribution in [0.4, 0.5) is 0 Å². The maximum Gasteiger partial charge on any atom is 0.256 e. The molecule has 0 N–H and O–H groups in total. The third kappa shape index (κ3) is 0.680. The Labute approximate surface area is 57.1 Å². The quantitative estimate of drug-likeness (QED) is 0.478. The van der Waals surface area contributed by atoms with E-state index < -0.39 is 0 Å². The topological polar surface area (TPSA) is 56.6 Å². The highest BCUT2D eigenvalue weighted by atomic mass is 15.4. The molecule has 2 rings (SSSR count). The van der Waals surface area contributed by atoms with Crippen molar-refractivity contribution in [1.29, 1.82) is 0 Å². The SMILES string of the molecule is C1=NC(n2ccnc2)=N[N]1. The number of aromatic nitrogens is 2. The standard InChI is InChI=1S/C5H4N5/c1-2-10(4-6-1)5-7-3-8-9-5/h1-4H. The van der Waals surface area contributed by atoms with Gasteiger partial charge in [-0.3, -0.25) is 4.57 Å². The lowest BCUT2D eigenvalue weighted by atomic mass is 10.8. The molecule has 0 atom stereocenters. The first-order valence-corrected chi connectivity index (χ1v) is 2.75. The molecule has 1 aromatic rings. The molecule has 0 bridgehead atoms. The minimum Gasteiger partial charge on any atom is -0.273 e. The van der Waals surface area contributed by atoms with E-state index in [-0.39, 0.29) is 0 Å². The summed E-state index contributed by atoms with van der Waals surface area (Å²) in [6.07, 6.45) is 6.44. The summed E-state index contributed by atoms with van der Waals surface area (Å²) in [6, 6.07) is 0. The maximum absolute atomic E-state index is 3.86. The monoisotopic (exact) mass is 134 g/mol. The molecule has 0 aliphatic carbocycles. The molecular formula is C5H4N5. The summed E-state index contributed by atoms with van der Waals surface area (Å²) in [5, 5.41) is 3.72. The molecule has 10 heavy (non-hydrogen) atoms. The third-order valence-corrected chi connectivity index (χ3v) is 1.11. The third-order valence-electron chi connectivity index (χ3n) is 1.11. The van der Waals surface area contributed by atoms with Gasteiger partial charge >= 0.3 is 0 Å². The van der Waals surface area contributed by atoms with Gasteiger partial charge in [-0.25, -0.2) is 4.98 Å². The van der Waals surface area contributed by atoms with E-state index in [4.69, 9.17) is 0 Å². The van der Waals surface area contributed by atoms with Crippen LogP contribution in [0.2, 0.25) is 0 Å². The van der Waals surface area contributed by atoms with Crippen molar-refractivity contribution in [3.63, 3.8) is 0 Å². The second-order valence-corrected chi connectivity index (χ2v) is 1.73. The number of rotatable bonds is 0. The second-order valence-electron chi connectivity index (χ2n) is 1.73. The molecule has 0 spiro atoms. The summed E-state index contributed by atoms with van der Waals surface area (Å²) in [5.74, 6) is 0.553. The normalized spacial score (nSPS) is 15.0. The van der Waals surface area contributed by atoms with Crippen LogP contribution in [-0.2, 0) is 0 Å². The molecule has 5 nitrogen and oxygen atoms in total. The largest absolute Gasteiger partial charge is 0.273 e. The number of imidazole rings is 1. The summed E-state index contributed by atoms with van der Waals surface area (Å²) in [7, 11) is 0. The summed E-state index contributed by atoms with van der Waals surface area (Å²) in [4.78, 5) is 7.69. The van der Waals surface area contributed by atoms with E-state index in [9.17, 15) is 0 Å². The zero-order valence-electron chi connectivity index (χ0n) is 5.05. The Bertz CT molecular complexity index is 270. The van der Waals surface area contributed by atoms with E-state index in [1.807, 2.05) is 0 Å². The van der Waals surface area contributed by atoms with Crippen molar-refractivity contribution in [3.05, 3.63) is 18.7 Å². The van der Waals surface area contributed by atoms with Crippen LogP contribution in [0.5, 0.6) is 0 Å². The van der Waals surface area contributed by atoms with Gasteiger partial charge in [-0.2, -0.15) is 4.99 Å². The molecule has 1 aromatic heterocycles. The Balaban J connectivity index is 2.36. The minimum atomic E-state index is 0.553. The molecule has 1 aliphatic rings. The number of hydrogen-bond donors (Lipinski definition) is 0. The van der Waals surface area contributed by atoms with Crippen molar-refractivity contribution >= 4 is 12.3 Å². The fraction of sp³-hybridized carbons (Fsp3) is 0. The zero-order chi connectivity index (χ0) is 6.81. The Hall–Kier alpha value is -1.65. The summed E-state index contributed by atoms with van der Waals surface area (Å²) < 4.78 is 1.69. The molecule has 1 radical (unpaired) electrons. The van der Waals surface area contributed by atoms with E-state index in [1.165, 1.54) is 6.34 Å². The van der Waals surface area contributed by atoms with Gasteiger partial charge in [0.05, 0.1) is 0 Å². The highest BCUT2D eigenvalue weighted by molar-refractivity contribution is 5.92. The summed E-state index contributed by atoms with van der Waals surface area (Å²) in [6.45, 7) is 0. The van der Waals surface area contributed by atoms with Crippen molar-refractivity contribution in [2.24, 2.45) is 10.1 Å². The van der Waals surface area contributed by atoms with Gasteiger partial charge in [-0.15, -0.1) is 10.5 Å². The molecule has 49 valence electrons. The molecule has 0 fully saturated rings. The molecule has 0 unspecified atom stereocenters. The summed E-state index contributed by atoms with van der Waals surface area (Å²) in [5.41, 5.74) is 3.57. The van der Waals surface area contributed by atoms with Crippen LogP contribution < -0.4 is 5.43 Å². The van der Waals surface area contributed by atoms with Gasteiger partial charge in [-0.05, 0) is 0 Å². The lowest BCUT2D eigenvalue weighted by Gasteiger charge is -1.91. The fourth-order valence-electron chi connectivity index (χ4n) is 0.676. The fourth-order valence-corrected chi connectivity index (χ4v) is 0.676. The van der Waals surface area contributed by atoms with Gasteiger partial charge in [0.15, 0.2) is 0 Å². The van der Waals surface area contributed by atoms with Crippen molar-refractivity contribution in [3.8, 4) is 0 Å². The van der Waals surface area contributed by atoms with E-state index in [2.05, 4.69) is 20.5 Å². The minimum absolute atomic E-state index is 0.553. The Morgan fingerprint density at radius 1 is 1.40 bits per heavy atom. The predicted molar refractivity (Wildman–Crippen MR) is 35.7 cm³/mol. The summed E-state index contributed by atoms with van der Waals surface area (Å²) >= 11 is 0. The van der Waals surface area contributed by atoms with Gasteiger partial charge in [0.25, 0.3) is 5.96 Å². The van der Waals surface area contributed by atoms with Gasteiger partial charge in [0.1, 0.15) is 12.7 Å². The number of hydrogen-bond acceptors (Lipinski definition) is 3. The van der Waals surface area contributed by atoms with Gasteiger partial charge in [-0.1, -0.05) is 0 Å². The predicted octanol–water partition coefficient (Wildman–Crippen LogP) is -0.352. The zero-order valence-corrected chi connectivity index (χ0v) is 5.05. The molecule has 5 heteroatoms. The molecule has 2 heterocycles. The first-order valence-electron chi connectivity index (χ1n) is 2.75. The Morgan fingerprint density at radius 2 is 2.40 bits per heavy atom. The number of aliphatic imine (C=N–C) groups is 1. The average Bonchev–Trinajstić information content (AvgIpc) is 2.59. The molecule has 0 saturated carbocycles. The lowest BCUT2D eigenvalue weighted by molar-refractivity contribution is 1.02. The van der Waals surface area contributed by atoms with Gasteiger partial charge < -0.3 is 0 Å². The highest BCUT2D eigenvalue weighted by Crippen LogP contribution is 1.91. The van der Waals surface area contributed by atoms with E-state index in [1.54, 1.807) is 23.3 Å². The van der Waals surface area contributed by atoms with Crippen LogP contribution in [-0.4, -0.2) is 21.8 Å². The number of nitrogens with zero attached hydrogens (tertiary/aromatic N) is 5. The van der Waals surface area contributed by atoms with E-state index in [0.29, 0.717) is 5.96 Å². The Morgan fingerprint density at radius 3 is 3.00 bits per heavy atom. The first kappa shape index (κ1) is 5.16. The van der Waals surface area contributed by atoms with E-state index in [0.717, 1.165) is 0 Å². The van der Waals surface area contributed by atoms with Crippen molar-refractivity contribution in [1.82, 2.24) is 15.0 Å². The molecular weight excluding hydrogens is 130 g/mol. The van der Waals surface area contributed by atoms with Gasteiger partial charge in [0.2, 0.25) is 0 Å². The molecule has 0 saturated heterocycles. The second kappa shape index (κ2) is 1.94. The lowest BCUT2D eigenvalue weighted by Crippen LogP contribution is -2.03. The smallest absolute Gasteiger partial charge is 0.256 e. The molecule has 0 amide bonds. The first-order chi connectivity index (χ1) is 4.97. The van der Waals surface area contributed by atoms with Crippen LogP contribution in [0.15, 0.2) is 28.8 Å². The van der Waals surface area contributed by atoms with Crippen molar-refractivity contribution in [2.45, 2.75) is 0 Å². The van der Waals surface area contributed by atoms with Crippen molar-refractivity contribution < 1.29 is 0 Å². The average molecular weight is 134 g/mol. The van der Waals surface area contributed by atoms with Crippen LogP contribution in [0, 0.1) is 0 Å². The molecule has 1 aliphatic heterocycles. The van der Waals surface area contributed by atoms with Crippen LogP contribution >= 0.6 is 0 Å². The Kier molecular flexibility index (Phi) is 1.00. The molecule has 0 aromatic carbocycles. The maximum atomic E-state index is 3.86. The van der Waals surface area contributed by atoms with Crippen molar-refractivity contribution in [2.75, 3.05) is 0 Å². The van der Waals surface area contributed by atoms with Crippen LogP contribution in [0.1, 0.15) is 0 Å². The van der Waals surface area contributed by atoms with Crippen LogP contribution in [0.25, 0.3) is 0 Å². The van der Waals surface area contributed by atoms with Crippen LogP contribution in [0.3, 0.4) is 0 Å². The van der Waals surface area contributed by atoms with E-state index >= 15 is 0 Å². The van der Waals surface area contributed by atoms with Gasteiger partial charge in [0, 0.05) is 12.4 Å².